The van der Waals surface area contributed by atoms with Crippen LogP contribution in [-0.4, -0.2) is 0 Å². The largest absolute Gasteiger partial charge is 0.0809 e. The molecule has 0 fully saturated rings. The molecule has 1 aliphatic rings. The van der Waals surface area contributed by atoms with E-state index in [4.69, 9.17) is 0 Å². The predicted molar refractivity (Wildman–Crippen MR) is 73.5 cm³/mol. The molecule has 0 radical (unpaired) electrons. The number of rotatable bonds is 0. The normalized spacial score (nSPS) is 23.5. The molecule has 0 nitrogen and oxygen atoms in total. The van der Waals surface area contributed by atoms with E-state index in [0.717, 1.165) is 6.42 Å². The van der Waals surface area contributed by atoms with Crippen molar-refractivity contribution in [2.45, 2.75) is 61.8 Å². The minimum Gasteiger partial charge on any atom is -0.0809 e. The van der Waals surface area contributed by atoms with E-state index in [9.17, 15) is 0 Å². The summed E-state index contributed by atoms with van der Waals surface area (Å²) >= 11 is 0. The van der Waals surface area contributed by atoms with E-state index in [1.807, 2.05) is 0 Å². The zero-order chi connectivity index (χ0) is 12.7. The van der Waals surface area contributed by atoms with Crippen molar-refractivity contribution in [2.24, 2.45) is 16.7 Å². The minimum atomic E-state index is 0.289. The lowest BCUT2D eigenvalue weighted by molar-refractivity contribution is 0.398. The Hall–Kier alpha value is -0.520. The Balaban J connectivity index is 3.32. The van der Waals surface area contributed by atoms with E-state index in [0.29, 0.717) is 11.3 Å². The van der Waals surface area contributed by atoms with Crippen molar-refractivity contribution in [3.8, 4) is 0 Å². The maximum Gasteiger partial charge on any atom is -0.00159 e. The van der Waals surface area contributed by atoms with Gasteiger partial charge in [-0.3, -0.25) is 0 Å². The van der Waals surface area contributed by atoms with Crippen LogP contribution in [0.3, 0.4) is 0 Å². The third-order valence-electron chi connectivity index (χ3n) is 3.78. The highest BCUT2D eigenvalue weighted by Crippen LogP contribution is 2.46. The van der Waals surface area contributed by atoms with Crippen LogP contribution in [0.5, 0.6) is 0 Å². The van der Waals surface area contributed by atoms with Crippen molar-refractivity contribution in [2.75, 3.05) is 0 Å². The third kappa shape index (κ3) is 2.59. The fourth-order valence-electron chi connectivity index (χ4n) is 2.85. The molecular weight excluding hydrogens is 192 g/mol. The first-order valence-corrected chi connectivity index (χ1v) is 6.46. The Morgan fingerprint density at radius 3 is 1.88 bits per heavy atom. The van der Waals surface area contributed by atoms with Crippen LogP contribution in [0.25, 0.3) is 0 Å². The van der Waals surface area contributed by atoms with Crippen LogP contribution in [-0.2, 0) is 0 Å². The van der Waals surface area contributed by atoms with Gasteiger partial charge >= 0.3 is 0 Å². The van der Waals surface area contributed by atoms with Gasteiger partial charge in [-0.15, -0.1) is 0 Å². The van der Waals surface area contributed by atoms with Crippen molar-refractivity contribution in [1.82, 2.24) is 0 Å². The van der Waals surface area contributed by atoms with Crippen LogP contribution in [0.15, 0.2) is 22.8 Å². The Kier molecular flexibility index (Phi) is 3.43. The summed E-state index contributed by atoms with van der Waals surface area (Å²) in [7, 11) is 0. The SMILES string of the molecule is CC1=CCC(C(C)(C)C)=C(C(C)(C)C)C1C. The fraction of sp³-hybridized carbons (Fsp3) is 0.750. The molecule has 1 aliphatic carbocycles. The maximum absolute atomic E-state index is 2.42. The molecule has 0 amide bonds. The second-order valence-electron chi connectivity index (χ2n) is 7.27. The molecule has 0 bridgehead atoms. The van der Waals surface area contributed by atoms with E-state index in [1.54, 1.807) is 11.1 Å². The quantitative estimate of drug-likeness (QED) is 0.482. The van der Waals surface area contributed by atoms with Crippen molar-refractivity contribution >= 4 is 0 Å². The average molecular weight is 220 g/mol. The third-order valence-corrected chi connectivity index (χ3v) is 3.78. The summed E-state index contributed by atoms with van der Waals surface area (Å²) in [5, 5.41) is 0. The molecule has 0 aliphatic heterocycles. The summed E-state index contributed by atoms with van der Waals surface area (Å²) in [5.41, 5.74) is 5.45. The molecule has 0 N–H and O–H groups in total. The second kappa shape index (κ2) is 4.05. The van der Waals surface area contributed by atoms with E-state index < -0.39 is 0 Å². The standard InChI is InChI=1S/C16H28/c1-11-9-10-13(15(3,4)5)14(12(11)2)16(6,7)8/h9,12H,10H2,1-8H3. The molecule has 0 aromatic heterocycles. The monoisotopic (exact) mass is 220 g/mol. The minimum absolute atomic E-state index is 0.289. The van der Waals surface area contributed by atoms with Crippen LogP contribution >= 0.6 is 0 Å². The van der Waals surface area contributed by atoms with E-state index in [2.05, 4.69) is 61.5 Å². The van der Waals surface area contributed by atoms with E-state index in [-0.39, 0.29) is 5.41 Å². The molecule has 1 unspecified atom stereocenters. The zero-order valence-corrected chi connectivity index (χ0v) is 12.4. The summed E-state index contributed by atoms with van der Waals surface area (Å²) in [6.45, 7) is 18.7. The van der Waals surface area contributed by atoms with Crippen LogP contribution in [0.1, 0.15) is 61.8 Å². The highest BCUT2D eigenvalue weighted by atomic mass is 14.4. The topological polar surface area (TPSA) is 0 Å². The van der Waals surface area contributed by atoms with Gasteiger partial charge < -0.3 is 0 Å². The number of allylic oxidation sites excluding steroid dienone is 4. The smallest absolute Gasteiger partial charge is 0.00159 e. The van der Waals surface area contributed by atoms with Crippen molar-refractivity contribution < 1.29 is 0 Å². The molecule has 1 atom stereocenters. The Morgan fingerprint density at radius 1 is 1.00 bits per heavy atom. The Labute approximate surface area is 102 Å². The molecule has 0 spiro atoms. The van der Waals surface area contributed by atoms with Crippen LogP contribution in [0.4, 0.5) is 0 Å². The first-order chi connectivity index (χ1) is 7.05. The maximum atomic E-state index is 2.42. The van der Waals surface area contributed by atoms with Gasteiger partial charge in [0.1, 0.15) is 0 Å². The van der Waals surface area contributed by atoms with Crippen molar-refractivity contribution in [1.29, 1.82) is 0 Å². The molecule has 0 saturated heterocycles. The molecular formula is C16H28. The lowest BCUT2D eigenvalue weighted by atomic mass is 9.66. The van der Waals surface area contributed by atoms with E-state index >= 15 is 0 Å². The van der Waals surface area contributed by atoms with Gasteiger partial charge in [0.15, 0.2) is 0 Å². The van der Waals surface area contributed by atoms with Gasteiger partial charge in [-0.1, -0.05) is 71.3 Å². The number of hydrogen-bond acceptors (Lipinski definition) is 0. The summed E-state index contributed by atoms with van der Waals surface area (Å²) in [4.78, 5) is 0. The van der Waals surface area contributed by atoms with Crippen molar-refractivity contribution in [3.05, 3.63) is 22.8 Å². The van der Waals surface area contributed by atoms with Gasteiger partial charge in [-0.05, 0) is 30.1 Å². The van der Waals surface area contributed by atoms with Crippen LogP contribution in [0, 0.1) is 16.7 Å². The molecule has 0 aromatic carbocycles. The van der Waals surface area contributed by atoms with Crippen LogP contribution in [0.2, 0.25) is 0 Å². The van der Waals surface area contributed by atoms with Gasteiger partial charge in [0.25, 0.3) is 0 Å². The molecule has 92 valence electrons. The number of hydrogen-bond donors (Lipinski definition) is 0. The molecule has 0 aromatic rings. The first-order valence-electron chi connectivity index (χ1n) is 6.46. The molecule has 0 saturated carbocycles. The highest BCUT2D eigenvalue weighted by Gasteiger charge is 2.33. The van der Waals surface area contributed by atoms with Gasteiger partial charge in [0.05, 0.1) is 0 Å². The average Bonchev–Trinajstić information content (AvgIpc) is 2.05. The fourth-order valence-corrected chi connectivity index (χ4v) is 2.85. The molecule has 16 heavy (non-hydrogen) atoms. The first kappa shape index (κ1) is 13.5. The summed E-state index contributed by atoms with van der Waals surface area (Å²) in [6, 6.07) is 0. The molecule has 1 rings (SSSR count). The lowest BCUT2D eigenvalue weighted by Gasteiger charge is -2.39. The predicted octanol–water partition coefficient (Wildman–Crippen LogP) is 5.36. The van der Waals surface area contributed by atoms with Gasteiger partial charge in [-0.2, -0.15) is 0 Å². The van der Waals surface area contributed by atoms with Crippen LogP contribution < -0.4 is 0 Å². The second-order valence-corrected chi connectivity index (χ2v) is 7.27. The molecule has 0 heterocycles. The zero-order valence-electron chi connectivity index (χ0n) is 12.4. The van der Waals surface area contributed by atoms with Gasteiger partial charge in [0.2, 0.25) is 0 Å². The summed E-state index contributed by atoms with van der Waals surface area (Å²) in [6.07, 6.45) is 3.56. The van der Waals surface area contributed by atoms with Crippen molar-refractivity contribution in [3.63, 3.8) is 0 Å². The van der Waals surface area contributed by atoms with Gasteiger partial charge in [-0.25, -0.2) is 0 Å². The lowest BCUT2D eigenvalue weighted by Crippen LogP contribution is -2.26. The Bertz CT molecular complexity index is 326. The Morgan fingerprint density at radius 2 is 1.50 bits per heavy atom. The summed E-state index contributed by atoms with van der Waals surface area (Å²) in [5.74, 6) is 0.614. The summed E-state index contributed by atoms with van der Waals surface area (Å²) < 4.78 is 0. The van der Waals surface area contributed by atoms with Gasteiger partial charge in [0, 0.05) is 0 Å². The molecule has 0 heteroatoms. The van der Waals surface area contributed by atoms with E-state index in [1.165, 1.54) is 5.57 Å². The highest BCUT2D eigenvalue weighted by molar-refractivity contribution is 5.37.